The van der Waals surface area contributed by atoms with E-state index in [1.807, 2.05) is 0 Å². The molecule has 0 spiro atoms. The van der Waals surface area contributed by atoms with Crippen LogP contribution in [0.3, 0.4) is 0 Å². The second-order valence-corrected chi connectivity index (χ2v) is 5.10. The molecular weight excluding hydrogens is 334 g/mol. The van der Waals surface area contributed by atoms with Gasteiger partial charge in [-0.25, -0.2) is 22.8 Å². The highest BCUT2D eigenvalue weighted by Crippen LogP contribution is 2.21. The molecule has 0 rings (SSSR count). The summed E-state index contributed by atoms with van der Waals surface area (Å²) in [6.07, 6.45) is 0. The minimum Gasteiger partial charge on any atom is -0.743 e. The van der Waals surface area contributed by atoms with E-state index in [1.165, 1.54) is 6.92 Å². The summed E-state index contributed by atoms with van der Waals surface area (Å²) in [6, 6.07) is 0. The van der Waals surface area contributed by atoms with Crippen LogP contribution >= 0.6 is 0 Å². The van der Waals surface area contributed by atoms with Gasteiger partial charge in [0.15, 0.2) is 16.7 Å². The van der Waals surface area contributed by atoms with E-state index in [0.29, 0.717) is 0 Å². The van der Waals surface area contributed by atoms with E-state index in [0.717, 1.165) is 0 Å². The minimum absolute atomic E-state index is 0.0304. The monoisotopic (exact) mass is 345 g/mol. The first kappa shape index (κ1) is 19.9. The molecule has 126 valence electrons. The van der Waals surface area contributed by atoms with Gasteiger partial charge in [0.05, 0.1) is 0 Å². The average molecular weight is 345 g/mol. The molecule has 22 heavy (non-hydrogen) atoms. The number of halogens is 2. The SMILES string of the molecule is C=C(C)C(=O)OCC(=O)OCCOC(=O)C(F)(F)S(=O)(=O)[O-]. The predicted molar refractivity (Wildman–Crippen MR) is 62.3 cm³/mol. The third-order valence-electron chi connectivity index (χ3n) is 1.80. The first-order valence-corrected chi connectivity index (χ1v) is 6.79. The number of carbonyl (C=O) groups excluding carboxylic acids is 3. The highest BCUT2D eigenvalue weighted by atomic mass is 32.2. The molecule has 0 radical (unpaired) electrons. The van der Waals surface area contributed by atoms with Gasteiger partial charge in [-0.2, -0.15) is 8.78 Å². The molecule has 0 aliphatic rings. The molecule has 12 heteroatoms. The van der Waals surface area contributed by atoms with Gasteiger partial charge in [0.25, 0.3) is 0 Å². The summed E-state index contributed by atoms with van der Waals surface area (Å²) >= 11 is 0. The lowest BCUT2D eigenvalue weighted by Crippen LogP contribution is -2.39. The quantitative estimate of drug-likeness (QED) is 0.184. The van der Waals surface area contributed by atoms with Gasteiger partial charge in [0.1, 0.15) is 13.2 Å². The van der Waals surface area contributed by atoms with Crippen molar-refractivity contribution >= 4 is 28.0 Å². The van der Waals surface area contributed by atoms with Crippen molar-refractivity contribution in [2.45, 2.75) is 12.2 Å². The Kier molecular flexibility index (Phi) is 7.06. The van der Waals surface area contributed by atoms with E-state index < -0.39 is 53.1 Å². The van der Waals surface area contributed by atoms with Crippen molar-refractivity contribution in [2.24, 2.45) is 0 Å². The van der Waals surface area contributed by atoms with Crippen LogP contribution < -0.4 is 0 Å². The number of carbonyl (C=O) groups is 3. The third kappa shape index (κ3) is 6.13. The summed E-state index contributed by atoms with van der Waals surface area (Å²) in [5, 5.41) is -5.24. The Morgan fingerprint density at radius 2 is 1.64 bits per heavy atom. The second-order valence-electron chi connectivity index (χ2n) is 3.68. The van der Waals surface area contributed by atoms with Crippen LogP contribution in [-0.4, -0.2) is 56.0 Å². The smallest absolute Gasteiger partial charge is 0.428 e. The summed E-state index contributed by atoms with van der Waals surface area (Å²) in [4.78, 5) is 32.6. The Bertz CT molecular complexity index is 567. The predicted octanol–water partition coefficient (Wildman–Crippen LogP) is -0.670. The first-order chi connectivity index (χ1) is 9.89. The van der Waals surface area contributed by atoms with Gasteiger partial charge in [-0.15, -0.1) is 0 Å². The van der Waals surface area contributed by atoms with Crippen LogP contribution in [-0.2, 0) is 38.7 Å². The number of esters is 3. The van der Waals surface area contributed by atoms with Gasteiger partial charge in [0, 0.05) is 5.57 Å². The lowest BCUT2D eigenvalue weighted by molar-refractivity contribution is -0.166. The number of rotatable bonds is 8. The number of hydrogen-bond acceptors (Lipinski definition) is 9. The maximum Gasteiger partial charge on any atom is 0.428 e. The molecule has 0 heterocycles. The van der Waals surface area contributed by atoms with Crippen molar-refractivity contribution in [2.75, 3.05) is 19.8 Å². The fourth-order valence-corrected chi connectivity index (χ4v) is 1.03. The van der Waals surface area contributed by atoms with E-state index in [9.17, 15) is 36.1 Å². The summed E-state index contributed by atoms with van der Waals surface area (Å²) in [5.41, 5.74) is 0.0304. The van der Waals surface area contributed by atoms with E-state index in [2.05, 4.69) is 20.8 Å². The lowest BCUT2D eigenvalue weighted by Gasteiger charge is -2.17. The van der Waals surface area contributed by atoms with E-state index in [1.54, 1.807) is 0 Å². The van der Waals surface area contributed by atoms with Crippen LogP contribution in [0.1, 0.15) is 6.92 Å². The van der Waals surface area contributed by atoms with Gasteiger partial charge in [0.2, 0.25) is 0 Å². The minimum atomic E-state index is -6.21. The van der Waals surface area contributed by atoms with Crippen LogP contribution in [0.2, 0.25) is 0 Å². The average Bonchev–Trinajstić information content (AvgIpc) is 2.38. The topological polar surface area (TPSA) is 136 Å². The summed E-state index contributed by atoms with van der Waals surface area (Å²) < 4.78 is 68.1. The molecule has 0 fully saturated rings. The van der Waals surface area contributed by atoms with Crippen molar-refractivity contribution < 1.29 is 50.3 Å². The molecule has 0 amide bonds. The van der Waals surface area contributed by atoms with Gasteiger partial charge in [-0.1, -0.05) is 6.58 Å². The van der Waals surface area contributed by atoms with Gasteiger partial charge in [-0.05, 0) is 6.92 Å². The normalized spacial score (nSPS) is 11.5. The van der Waals surface area contributed by atoms with E-state index in [-0.39, 0.29) is 5.57 Å². The summed E-state index contributed by atoms with van der Waals surface area (Å²) in [7, 11) is -6.21. The molecule has 9 nitrogen and oxygen atoms in total. The number of ether oxygens (including phenoxy) is 3. The first-order valence-electron chi connectivity index (χ1n) is 5.38. The zero-order valence-corrected chi connectivity index (χ0v) is 12.0. The Hall–Kier alpha value is -2.08. The fraction of sp³-hybridized carbons (Fsp3) is 0.500. The maximum atomic E-state index is 12.6. The van der Waals surface area contributed by atoms with Crippen LogP contribution in [0.15, 0.2) is 12.2 Å². The molecule has 0 aromatic heterocycles. The van der Waals surface area contributed by atoms with Crippen LogP contribution in [0, 0.1) is 0 Å². The van der Waals surface area contributed by atoms with Crippen molar-refractivity contribution in [3.05, 3.63) is 12.2 Å². The second kappa shape index (κ2) is 7.79. The van der Waals surface area contributed by atoms with Crippen molar-refractivity contribution in [3.63, 3.8) is 0 Å². The Morgan fingerprint density at radius 1 is 1.14 bits per heavy atom. The molecule has 0 aromatic rings. The molecule has 0 atom stereocenters. The zero-order valence-electron chi connectivity index (χ0n) is 11.2. The van der Waals surface area contributed by atoms with Gasteiger partial charge >= 0.3 is 23.2 Å². The molecule has 0 saturated carbocycles. The largest absolute Gasteiger partial charge is 0.743 e. The summed E-state index contributed by atoms with van der Waals surface area (Å²) in [5.74, 6) is -4.52. The fourth-order valence-electron chi connectivity index (χ4n) is 0.765. The Morgan fingerprint density at radius 3 is 2.09 bits per heavy atom. The molecule has 0 aliphatic carbocycles. The summed E-state index contributed by atoms with van der Waals surface area (Å²) in [6.45, 7) is 2.14. The van der Waals surface area contributed by atoms with E-state index in [4.69, 9.17) is 0 Å². The third-order valence-corrected chi connectivity index (χ3v) is 2.60. The van der Waals surface area contributed by atoms with Crippen molar-refractivity contribution in [1.29, 1.82) is 0 Å². The highest BCUT2D eigenvalue weighted by Gasteiger charge is 2.48. The number of hydrogen-bond donors (Lipinski definition) is 0. The van der Waals surface area contributed by atoms with E-state index >= 15 is 0 Å². The molecule has 0 aliphatic heterocycles. The maximum absolute atomic E-state index is 12.6. The molecule has 0 unspecified atom stereocenters. The van der Waals surface area contributed by atoms with Gasteiger partial charge in [-0.3, -0.25) is 0 Å². The highest BCUT2D eigenvalue weighted by molar-refractivity contribution is 7.87. The van der Waals surface area contributed by atoms with Crippen LogP contribution in [0.25, 0.3) is 0 Å². The standard InChI is InChI=1S/C10H12F2O9S/c1-6(2)8(14)21-5-7(13)19-3-4-20-9(15)10(11,12)22(16,17)18/h1,3-5H2,2H3,(H,16,17,18)/p-1. The molecule has 0 saturated heterocycles. The zero-order chi connectivity index (χ0) is 17.6. The van der Waals surface area contributed by atoms with Crippen molar-refractivity contribution in [1.82, 2.24) is 0 Å². The molecule has 0 bridgehead atoms. The molecular formula is C10H11F2O9S-. The lowest BCUT2D eigenvalue weighted by atomic mass is 10.4. The van der Waals surface area contributed by atoms with Crippen molar-refractivity contribution in [3.8, 4) is 0 Å². The van der Waals surface area contributed by atoms with Crippen LogP contribution in [0.5, 0.6) is 0 Å². The Balaban J connectivity index is 4.09. The molecule has 0 aromatic carbocycles. The Labute approximate surface area is 123 Å². The van der Waals surface area contributed by atoms with Crippen LogP contribution in [0.4, 0.5) is 8.78 Å². The number of alkyl halides is 2. The van der Waals surface area contributed by atoms with Gasteiger partial charge < -0.3 is 18.8 Å². The molecule has 0 N–H and O–H groups in total.